The number of carbonyl (C=O) groups is 1. The van der Waals surface area contributed by atoms with E-state index in [2.05, 4.69) is 26.1 Å². The number of amides is 1. The molecule has 0 radical (unpaired) electrons. The van der Waals surface area contributed by atoms with E-state index in [0.717, 1.165) is 22.3 Å². The van der Waals surface area contributed by atoms with Gasteiger partial charge in [0.15, 0.2) is 0 Å². The second-order valence-corrected chi connectivity index (χ2v) is 6.16. The van der Waals surface area contributed by atoms with Crippen molar-refractivity contribution in [3.8, 4) is 5.75 Å². The summed E-state index contributed by atoms with van der Waals surface area (Å²) < 4.78 is 5.35. The van der Waals surface area contributed by atoms with Crippen molar-refractivity contribution < 1.29 is 9.53 Å². The molecule has 3 nitrogen and oxygen atoms in total. The number of hydrogen-bond donors (Lipinski definition) is 1. The summed E-state index contributed by atoms with van der Waals surface area (Å²) in [5.41, 5.74) is 8.21. The fourth-order valence-corrected chi connectivity index (χ4v) is 2.94. The number of nitrogens with one attached hydrogen (secondary N) is 1. The first kappa shape index (κ1) is 17.1. The van der Waals surface area contributed by atoms with Crippen LogP contribution in [-0.2, 0) is 0 Å². The maximum atomic E-state index is 12.9. The minimum atomic E-state index is -0.0879. The number of rotatable bonds is 3. The monoisotopic (exact) mass is 311 g/mol. The van der Waals surface area contributed by atoms with Crippen molar-refractivity contribution in [2.75, 3.05) is 12.4 Å². The molecule has 0 bridgehead atoms. The molecule has 0 heterocycles. The summed E-state index contributed by atoms with van der Waals surface area (Å²) in [7, 11) is 1.61. The number of anilines is 1. The smallest absolute Gasteiger partial charge is 0.256 e. The number of hydrogen-bond acceptors (Lipinski definition) is 2. The molecule has 0 saturated heterocycles. The number of methoxy groups -OCH3 is 1. The van der Waals surface area contributed by atoms with Gasteiger partial charge in [-0.25, -0.2) is 0 Å². The zero-order valence-corrected chi connectivity index (χ0v) is 15.0. The highest BCUT2D eigenvalue weighted by Crippen LogP contribution is 2.29. The van der Waals surface area contributed by atoms with E-state index in [1.807, 2.05) is 39.0 Å². The van der Waals surface area contributed by atoms with Gasteiger partial charge in [-0.15, -0.1) is 0 Å². The van der Waals surface area contributed by atoms with Gasteiger partial charge in [0.05, 0.1) is 12.8 Å². The molecule has 2 aromatic carbocycles. The predicted molar refractivity (Wildman–Crippen MR) is 95.8 cm³/mol. The molecule has 1 amide bonds. The maximum absolute atomic E-state index is 12.9. The Hall–Kier alpha value is -2.29. The lowest BCUT2D eigenvalue weighted by molar-refractivity contribution is 0.102. The molecule has 122 valence electrons. The zero-order valence-electron chi connectivity index (χ0n) is 15.0. The van der Waals surface area contributed by atoms with Crippen LogP contribution in [0.4, 0.5) is 5.69 Å². The predicted octanol–water partition coefficient (Wildman–Crippen LogP) is 4.80. The van der Waals surface area contributed by atoms with Crippen LogP contribution in [0.25, 0.3) is 0 Å². The SMILES string of the molecule is COc1ccc(C)cc1NC(=O)c1c(C)c(C)c(C)c(C)c1C. The van der Waals surface area contributed by atoms with Crippen molar-refractivity contribution in [3.05, 3.63) is 57.1 Å². The van der Waals surface area contributed by atoms with Crippen LogP contribution in [0.15, 0.2) is 18.2 Å². The molecule has 0 unspecified atom stereocenters. The van der Waals surface area contributed by atoms with E-state index in [-0.39, 0.29) is 5.91 Å². The first-order valence-electron chi connectivity index (χ1n) is 7.80. The summed E-state index contributed by atoms with van der Waals surface area (Å²) in [6.07, 6.45) is 0. The lowest BCUT2D eigenvalue weighted by atomic mass is 9.89. The highest BCUT2D eigenvalue weighted by molar-refractivity contribution is 6.07. The third-order valence-electron chi connectivity index (χ3n) is 4.83. The van der Waals surface area contributed by atoms with E-state index >= 15 is 0 Å². The third kappa shape index (κ3) is 3.09. The van der Waals surface area contributed by atoms with Gasteiger partial charge in [0, 0.05) is 5.56 Å². The normalized spacial score (nSPS) is 10.6. The molecule has 1 N–H and O–H groups in total. The average molecular weight is 311 g/mol. The first-order chi connectivity index (χ1) is 10.8. The molecular weight excluding hydrogens is 286 g/mol. The first-order valence-corrected chi connectivity index (χ1v) is 7.80. The Labute approximate surface area is 138 Å². The average Bonchev–Trinajstić information content (AvgIpc) is 2.51. The summed E-state index contributed by atoms with van der Waals surface area (Å²) in [5.74, 6) is 0.579. The van der Waals surface area contributed by atoms with Crippen LogP contribution in [0, 0.1) is 41.5 Å². The summed E-state index contributed by atoms with van der Waals surface area (Å²) in [6, 6.07) is 5.76. The van der Waals surface area contributed by atoms with E-state index in [4.69, 9.17) is 4.74 Å². The van der Waals surface area contributed by atoms with Gasteiger partial charge >= 0.3 is 0 Å². The summed E-state index contributed by atoms with van der Waals surface area (Å²) in [4.78, 5) is 12.9. The molecule has 23 heavy (non-hydrogen) atoms. The molecule has 2 aromatic rings. The van der Waals surface area contributed by atoms with Gasteiger partial charge in [0.25, 0.3) is 5.91 Å². The Bertz CT molecular complexity index is 747. The summed E-state index contributed by atoms with van der Waals surface area (Å²) >= 11 is 0. The molecule has 0 spiro atoms. The molecule has 0 aliphatic carbocycles. The van der Waals surface area contributed by atoms with Gasteiger partial charge in [-0.05, 0) is 87.1 Å². The van der Waals surface area contributed by atoms with E-state index in [1.165, 1.54) is 16.7 Å². The highest BCUT2D eigenvalue weighted by Gasteiger charge is 2.19. The lowest BCUT2D eigenvalue weighted by Crippen LogP contribution is -2.17. The van der Waals surface area contributed by atoms with Crippen molar-refractivity contribution in [1.29, 1.82) is 0 Å². The molecular formula is C20H25NO2. The van der Waals surface area contributed by atoms with Crippen molar-refractivity contribution >= 4 is 11.6 Å². The number of ether oxygens (including phenoxy) is 1. The molecule has 0 aromatic heterocycles. The van der Waals surface area contributed by atoms with Crippen LogP contribution in [0.1, 0.15) is 43.7 Å². The lowest BCUT2D eigenvalue weighted by Gasteiger charge is -2.19. The van der Waals surface area contributed by atoms with E-state index in [1.54, 1.807) is 7.11 Å². The Balaban J connectivity index is 2.49. The summed E-state index contributed by atoms with van der Waals surface area (Å²) in [6.45, 7) is 12.3. The van der Waals surface area contributed by atoms with Crippen molar-refractivity contribution in [2.24, 2.45) is 0 Å². The van der Waals surface area contributed by atoms with Gasteiger partial charge in [0.2, 0.25) is 0 Å². The Morgan fingerprint density at radius 3 is 1.91 bits per heavy atom. The van der Waals surface area contributed by atoms with Crippen LogP contribution in [0.3, 0.4) is 0 Å². The fraction of sp³-hybridized carbons (Fsp3) is 0.350. The largest absolute Gasteiger partial charge is 0.495 e. The molecule has 2 rings (SSSR count). The van der Waals surface area contributed by atoms with E-state index < -0.39 is 0 Å². The quantitative estimate of drug-likeness (QED) is 0.884. The van der Waals surface area contributed by atoms with Crippen LogP contribution >= 0.6 is 0 Å². The van der Waals surface area contributed by atoms with E-state index in [0.29, 0.717) is 11.4 Å². The third-order valence-corrected chi connectivity index (χ3v) is 4.83. The van der Waals surface area contributed by atoms with Crippen LogP contribution in [-0.4, -0.2) is 13.0 Å². The minimum absolute atomic E-state index is 0.0879. The van der Waals surface area contributed by atoms with Gasteiger partial charge in [0.1, 0.15) is 5.75 Å². The second-order valence-electron chi connectivity index (χ2n) is 6.16. The Morgan fingerprint density at radius 1 is 0.870 bits per heavy atom. The molecule has 0 fully saturated rings. The van der Waals surface area contributed by atoms with Crippen LogP contribution in [0.2, 0.25) is 0 Å². The molecule has 0 aliphatic heterocycles. The van der Waals surface area contributed by atoms with Gasteiger partial charge < -0.3 is 10.1 Å². The minimum Gasteiger partial charge on any atom is -0.495 e. The standard InChI is InChI=1S/C20H25NO2/c1-11-8-9-18(23-7)17(10-11)21-20(22)19-15(5)13(3)12(2)14(4)16(19)6/h8-10H,1-7H3,(H,21,22). The number of carbonyl (C=O) groups excluding carboxylic acids is 1. The topological polar surface area (TPSA) is 38.3 Å². The van der Waals surface area contributed by atoms with Crippen molar-refractivity contribution in [2.45, 2.75) is 41.5 Å². The zero-order chi connectivity index (χ0) is 17.3. The van der Waals surface area contributed by atoms with Crippen molar-refractivity contribution in [3.63, 3.8) is 0 Å². The summed E-state index contributed by atoms with van der Waals surface area (Å²) in [5, 5.41) is 3.01. The Kier molecular flexibility index (Phi) is 4.79. The molecule has 0 saturated carbocycles. The molecule has 3 heteroatoms. The van der Waals surface area contributed by atoms with Gasteiger partial charge in [-0.1, -0.05) is 6.07 Å². The second kappa shape index (κ2) is 6.45. The maximum Gasteiger partial charge on any atom is 0.256 e. The number of benzene rings is 2. The van der Waals surface area contributed by atoms with Gasteiger partial charge in [-0.3, -0.25) is 4.79 Å². The highest BCUT2D eigenvalue weighted by atomic mass is 16.5. The molecule has 0 atom stereocenters. The van der Waals surface area contributed by atoms with Gasteiger partial charge in [-0.2, -0.15) is 0 Å². The van der Waals surface area contributed by atoms with Crippen LogP contribution in [0.5, 0.6) is 5.75 Å². The van der Waals surface area contributed by atoms with Crippen molar-refractivity contribution in [1.82, 2.24) is 0 Å². The Morgan fingerprint density at radius 2 is 1.39 bits per heavy atom. The molecule has 0 aliphatic rings. The van der Waals surface area contributed by atoms with Crippen LogP contribution < -0.4 is 10.1 Å². The fourth-order valence-electron chi connectivity index (χ4n) is 2.94. The van der Waals surface area contributed by atoms with E-state index in [9.17, 15) is 4.79 Å². The number of aryl methyl sites for hydroxylation is 1.